The lowest BCUT2D eigenvalue weighted by Gasteiger charge is -2.23. The minimum atomic E-state index is -0.849. The molecular weight excluding hydrogens is 232 g/mol. The van der Waals surface area contributed by atoms with Crippen LogP contribution < -0.4 is 5.32 Å². The van der Waals surface area contributed by atoms with Gasteiger partial charge in [0.2, 0.25) is 5.91 Å². The molecule has 18 heavy (non-hydrogen) atoms. The van der Waals surface area contributed by atoms with Gasteiger partial charge in [-0.2, -0.15) is 0 Å². The summed E-state index contributed by atoms with van der Waals surface area (Å²) >= 11 is 0. The smallest absolute Gasteiger partial charge is 0.307 e. The Balaban J connectivity index is 1.60. The molecule has 0 aliphatic heterocycles. The molecule has 0 aromatic rings. The van der Waals surface area contributed by atoms with Gasteiger partial charge < -0.3 is 15.3 Å². The standard InChI is InChI=1S/C13H22N2O3/c1-15(9-4-2-3-5-9)7-6-14-12(16)10-8-11(10)13(17)18/h9-11H,2-8H2,1H3,(H,14,16)(H,17,18). The van der Waals surface area contributed by atoms with E-state index in [1.807, 2.05) is 0 Å². The highest BCUT2D eigenvalue weighted by Gasteiger charge is 2.48. The zero-order valence-electron chi connectivity index (χ0n) is 10.9. The SMILES string of the molecule is CN(CCNC(=O)C1CC1C(=O)O)C1CCCC1. The van der Waals surface area contributed by atoms with Crippen LogP contribution in [0.15, 0.2) is 0 Å². The van der Waals surface area contributed by atoms with Crippen molar-refractivity contribution in [2.75, 3.05) is 20.1 Å². The Labute approximate surface area is 108 Å². The molecule has 1 amide bonds. The maximum absolute atomic E-state index is 11.6. The molecule has 2 saturated carbocycles. The van der Waals surface area contributed by atoms with Crippen molar-refractivity contribution in [3.8, 4) is 0 Å². The van der Waals surface area contributed by atoms with Crippen LogP contribution in [0, 0.1) is 11.8 Å². The molecule has 0 spiro atoms. The van der Waals surface area contributed by atoms with E-state index in [0.717, 1.165) is 6.54 Å². The highest BCUT2D eigenvalue weighted by atomic mass is 16.4. The topological polar surface area (TPSA) is 69.6 Å². The number of aliphatic carboxylic acids is 1. The van der Waals surface area contributed by atoms with Gasteiger partial charge in [0.25, 0.3) is 0 Å². The Hall–Kier alpha value is -1.10. The third-order valence-corrected chi connectivity index (χ3v) is 4.16. The van der Waals surface area contributed by atoms with Crippen LogP contribution in [0.2, 0.25) is 0 Å². The summed E-state index contributed by atoms with van der Waals surface area (Å²) in [4.78, 5) is 24.6. The van der Waals surface area contributed by atoms with Crippen molar-refractivity contribution >= 4 is 11.9 Å². The summed E-state index contributed by atoms with van der Waals surface area (Å²) in [6.07, 6.45) is 5.63. The zero-order chi connectivity index (χ0) is 13.1. The number of hydrogen-bond donors (Lipinski definition) is 2. The second kappa shape index (κ2) is 5.69. The van der Waals surface area contributed by atoms with Gasteiger partial charge in [0.05, 0.1) is 11.8 Å². The number of nitrogens with zero attached hydrogens (tertiary/aromatic N) is 1. The Bertz CT molecular complexity index is 326. The van der Waals surface area contributed by atoms with E-state index >= 15 is 0 Å². The summed E-state index contributed by atoms with van der Waals surface area (Å²) in [5.41, 5.74) is 0. The maximum atomic E-state index is 11.6. The average Bonchev–Trinajstić information content (AvgIpc) is 2.96. The lowest BCUT2D eigenvalue weighted by atomic mass is 10.2. The molecule has 5 heteroatoms. The molecule has 2 aliphatic rings. The molecule has 2 unspecified atom stereocenters. The second-order valence-corrected chi connectivity index (χ2v) is 5.50. The Morgan fingerprint density at radius 2 is 1.94 bits per heavy atom. The number of amides is 1. The van der Waals surface area contributed by atoms with Crippen molar-refractivity contribution in [3.63, 3.8) is 0 Å². The normalized spacial score (nSPS) is 27.4. The highest BCUT2D eigenvalue weighted by Crippen LogP contribution is 2.38. The molecule has 0 bridgehead atoms. The lowest BCUT2D eigenvalue weighted by Crippen LogP contribution is -2.38. The number of nitrogens with one attached hydrogen (secondary N) is 1. The van der Waals surface area contributed by atoms with E-state index < -0.39 is 11.9 Å². The summed E-state index contributed by atoms with van der Waals surface area (Å²) in [5.74, 6) is -1.68. The van der Waals surface area contributed by atoms with Crippen molar-refractivity contribution in [3.05, 3.63) is 0 Å². The van der Waals surface area contributed by atoms with Gasteiger partial charge in [0.15, 0.2) is 0 Å². The first-order valence-electron chi connectivity index (χ1n) is 6.80. The number of carboxylic acids is 1. The molecule has 0 heterocycles. The van der Waals surface area contributed by atoms with Crippen molar-refractivity contribution in [2.45, 2.75) is 38.1 Å². The summed E-state index contributed by atoms with van der Waals surface area (Å²) in [6, 6.07) is 0.662. The van der Waals surface area contributed by atoms with Crippen LogP contribution in [-0.2, 0) is 9.59 Å². The fourth-order valence-corrected chi connectivity index (χ4v) is 2.77. The fraction of sp³-hybridized carbons (Fsp3) is 0.846. The average molecular weight is 254 g/mol. The molecule has 2 aliphatic carbocycles. The van der Waals surface area contributed by atoms with Gasteiger partial charge in [-0.05, 0) is 26.3 Å². The Morgan fingerprint density at radius 3 is 2.50 bits per heavy atom. The fourth-order valence-electron chi connectivity index (χ4n) is 2.77. The summed E-state index contributed by atoms with van der Waals surface area (Å²) in [7, 11) is 2.10. The third kappa shape index (κ3) is 3.22. The number of hydrogen-bond acceptors (Lipinski definition) is 3. The van der Waals surface area contributed by atoms with Gasteiger partial charge >= 0.3 is 5.97 Å². The van der Waals surface area contributed by atoms with Crippen molar-refractivity contribution < 1.29 is 14.7 Å². The van der Waals surface area contributed by atoms with Crippen LogP contribution in [0.5, 0.6) is 0 Å². The van der Waals surface area contributed by atoms with Crippen LogP contribution in [0.25, 0.3) is 0 Å². The van der Waals surface area contributed by atoms with E-state index in [-0.39, 0.29) is 11.8 Å². The highest BCUT2D eigenvalue weighted by molar-refractivity contribution is 5.89. The van der Waals surface area contributed by atoms with E-state index in [2.05, 4.69) is 17.3 Å². The monoisotopic (exact) mass is 254 g/mol. The van der Waals surface area contributed by atoms with Crippen LogP contribution in [0.1, 0.15) is 32.1 Å². The van der Waals surface area contributed by atoms with Gasteiger partial charge in [0.1, 0.15) is 0 Å². The molecule has 5 nitrogen and oxygen atoms in total. The van der Waals surface area contributed by atoms with Crippen LogP contribution >= 0.6 is 0 Å². The van der Waals surface area contributed by atoms with Crippen LogP contribution in [0.4, 0.5) is 0 Å². The molecule has 0 saturated heterocycles. The molecule has 2 atom stereocenters. The maximum Gasteiger partial charge on any atom is 0.307 e. The van der Waals surface area contributed by atoms with Crippen molar-refractivity contribution in [1.82, 2.24) is 10.2 Å². The molecular formula is C13H22N2O3. The first kappa shape index (κ1) is 13.3. The number of likely N-dealkylation sites (N-methyl/N-ethyl adjacent to an activating group) is 1. The molecule has 0 aromatic heterocycles. The van der Waals surface area contributed by atoms with E-state index in [1.165, 1.54) is 25.7 Å². The number of carbonyl (C=O) groups is 2. The summed E-state index contributed by atoms with van der Waals surface area (Å²) in [6.45, 7) is 1.47. The summed E-state index contributed by atoms with van der Waals surface area (Å²) < 4.78 is 0. The molecule has 2 fully saturated rings. The van der Waals surface area contributed by atoms with Gasteiger partial charge in [-0.25, -0.2) is 0 Å². The predicted molar refractivity (Wildman–Crippen MR) is 67.1 cm³/mol. The quantitative estimate of drug-likeness (QED) is 0.732. The molecule has 0 aromatic carbocycles. The lowest BCUT2D eigenvalue weighted by molar-refractivity contribution is -0.140. The van der Waals surface area contributed by atoms with Gasteiger partial charge in [0, 0.05) is 19.1 Å². The molecule has 2 rings (SSSR count). The van der Waals surface area contributed by atoms with Gasteiger partial charge in [-0.15, -0.1) is 0 Å². The Morgan fingerprint density at radius 1 is 1.28 bits per heavy atom. The molecule has 102 valence electrons. The first-order chi connectivity index (χ1) is 8.59. The van der Waals surface area contributed by atoms with Crippen LogP contribution in [0.3, 0.4) is 0 Å². The third-order valence-electron chi connectivity index (χ3n) is 4.16. The van der Waals surface area contributed by atoms with Crippen LogP contribution in [-0.4, -0.2) is 48.1 Å². The van der Waals surface area contributed by atoms with E-state index in [0.29, 0.717) is 19.0 Å². The largest absolute Gasteiger partial charge is 0.481 e. The summed E-state index contributed by atoms with van der Waals surface area (Å²) in [5, 5.41) is 11.6. The van der Waals surface area contributed by atoms with Gasteiger partial charge in [-0.1, -0.05) is 12.8 Å². The minimum absolute atomic E-state index is 0.0952. The first-order valence-corrected chi connectivity index (χ1v) is 6.80. The molecule has 0 radical (unpaired) electrons. The van der Waals surface area contributed by atoms with E-state index in [9.17, 15) is 9.59 Å². The minimum Gasteiger partial charge on any atom is -0.481 e. The van der Waals surface area contributed by atoms with E-state index in [4.69, 9.17) is 5.11 Å². The number of carbonyl (C=O) groups excluding carboxylic acids is 1. The molecule has 2 N–H and O–H groups in total. The number of rotatable bonds is 6. The Kier molecular flexibility index (Phi) is 4.22. The zero-order valence-corrected chi connectivity index (χ0v) is 10.9. The van der Waals surface area contributed by atoms with Crippen molar-refractivity contribution in [2.24, 2.45) is 11.8 Å². The number of carboxylic acid groups (broad SMARTS) is 1. The van der Waals surface area contributed by atoms with Gasteiger partial charge in [-0.3, -0.25) is 9.59 Å². The predicted octanol–water partition coefficient (Wildman–Crippen LogP) is 0.698. The second-order valence-electron chi connectivity index (χ2n) is 5.50. The van der Waals surface area contributed by atoms with Crippen molar-refractivity contribution in [1.29, 1.82) is 0 Å². The van der Waals surface area contributed by atoms with E-state index in [1.54, 1.807) is 0 Å².